The maximum absolute atomic E-state index is 6.70. The lowest BCUT2D eigenvalue weighted by Crippen LogP contribution is -2.14. The van der Waals surface area contributed by atoms with Crippen LogP contribution in [0, 0.1) is 0 Å². The average Bonchev–Trinajstić information content (AvgIpc) is 3.61. The molecule has 0 N–H and O–H groups in total. The van der Waals surface area contributed by atoms with Gasteiger partial charge < -0.3 is 8.83 Å². The fourth-order valence-electron chi connectivity index (χ4n) is 6.96. The monoisotopic (exact) mass is 500 g/mol. The Morgan fingerprint density at radius 1 is 0.462 bits per heavy atom. The predicted molar refractivity (Wildman–Crippen MR) is 162 cm³/mol. The third-order valence-electron chi connectivity index (χ3n) is 8.87. The van der Waals surface area contributed by atoms with Crippen molar-refractivity contribution in [3.63, 3.8) is 0 Å². The Morgan fingerprint density at radius 2 is 1.03 bits per heavy atom. The van der Waals surface area contributed by atoms with Gasteiger partial charge in [-0.05, 0) is 57.6 Å². The Kier molecular flexibility index (Phi) is 3.89. The van der Waals surface area contributed by atoms with Crippen molar-refractivity contribution in [1.82, 2.24) is 0 Å². The Labute approximate surface area is 225 Å². The molecule has 2 aromatic heterocycles. The minimum Gasteiger partial charge on any atom is -0.455 e. The van der Waals surface area contributed by atoms with Crippen molar-refractivity contribution in [2.75, 3.05) is 0 Å². The molecule has 8 aromatic rings. The third kappa shape index (κ3) is 2.66. The van der Waals surface area contributed by atoms with Gasteiger partial charge >= 0.3 is 0 Å². The molecule has 0 amide bonds. The SMILES string of the molecule is CC1(C)c2ccccc2-c2ccc(-c3ccc4c(c3)oc3c5ccccc5c5oc6ccccc6c5c43)cc21. The van der Waals surface area contributed by atoms with Gasteiger partial charge in [0, 0.05) is 37.7 Å². The van der Waals surface area contributed by atoms with Crippen LogP contribution in [0.4, 0.5) is 0 Å². The molecule has 1 aliphatic rings. The van der Waals surface area contributed by atoms with Gasteiger partial charge in [0.05, 0.1) is 0 Å². The molecule has 0 saturated heterocycles. The smallest absolute Gasteiger partial charge is 0.144 e. The molecule has 2 nitrogen and oxygen atoms in total. The van der Waals surface area contributed by atoms with Crippen LogP contribution in [0.1, 0.15) is 25.0 Å². The first-order valence-electron chi connectivity index (χ1n) is 13.5. The normalized spacial score (nSPS) is 14.1. The van der Waals surface area contributed by atoms with Crippen molar-refractivity contribution in [2.45, 2.75) is 19.3 Å². The lowest BCUT2D eigenvalue weighted by atomic mass is 9.81. The van der Waals surface area contributed by atoms with Crippen molar-refractivity contribution in [3.05, 3.63) is 120 Å². The third-order valence-corrected chi connectivity index (χ3v) is 8.87. The van der Waals surface area contributed by atoms with E-state index in [-0.39, 0.29) is 5.41 Å². The van der Waals surface area contributed by atoms with Crippen molar-refractivity contribution in [2.24, 2.45) is 0 Å². The minimum atomic E-state index is -0.0295. The fourth-order valence-corrected chi connectivity index (χ4v) is 6.96. The van der Waals surface area contributed by atoms with Gasteiger partial charge in [0.25, 0.3) is 0 Å². The Hall–Kier alpha value is -4.82. The quantitative estimate of drug-likeness (QED) is 0.224. The summed E-state index contributed by atoms with van der Waals surface area (Å²) in [5, 5.41) is 6.65. The van der Waals surface area contributed by atoms with Gasteiger partial charge in [-0.25, -0.2) is 0 Å². The lowest BCUT2D eigenvalue weighted by molar-refractivity contribution is 0.660. The van der Waals surface area contributed by atoms with Crippen LogP contribution in [0.5, 0.6) is 0 Å². The number of fused-ring (bicyclic) bond motifs is 13. The molecular weight excluding hydrogens is 476 g/mol. The van der Waals surface area contributed by atoms with Gasteiger partial charge in [0.1, 0.15) is 22.3 Å². The second-order valence-corrected chi connectivity index (χ2v) is 11.3. The van der Waals surface area contributed by atoms with Crippen LogP contribution in [0.3, 0.4) is 0 Å². The molecule has 184 valence electrons. The highest BCUT2D eigenvalue weighted by Gasteiger charge is 2.35. The van der Waals surface area contributed by atoms with E-state index in [1.807, 2.05) is 12.1 Å². The molecule has 0 unspecified atom stereocenters. The zero-order valence-electron chi connectivity index (χ0n) is 21.7. The van der Waals surface area contributed by atoms with Gasteiger partial charge in [0.2, 0.25) is 0 Å². The highest BCUT2D eigenvalue weighted by molar-refractivity contribution is 6.34. The number of rotatable bonds is 1. The zero-order valence-corrected chi connectivity index (χ0v) is 21.7. The molecule has 1 aliphatic carbocycles. The molecule has 0 bridgehead atoms. The number of hydrogen-bond donors (Lipinski definition) is 0. The molecule has 0 fully saturated rings. The summed E-state index contributed by atoms with van der Waals surface area (Å²) in [7, 11) is 0. The largest absolute Gasteiger partial charge is 0.455 e. The summed E-state index contributed by atoms with van der Waals surface area (Å²) < 4.78 is 13.1. The van der Waals surface area contributed by atoms with E-state index in [1.165, 1.54) is 27.8 Å². The second kappa shape index (κ2) is 7.18. The molecular formula is C37H24O2. The number of hydrogen-bond acceptors (Lipinski definition) is 2. The van der Waals surface area contributed by atoms with Gasteiger partial charge in [0.15, 0.2) is 0 Å². The first-order valence-corrected chi connectivity index (χ1v) is 13.5. The molecule has 0 aliphatic heterocycles. The highest BCUT2D eigenvalue weighted by Crippen LogP contribution is 2.50. The summed E-state index contributed by atoms with van der Waals surface area (Å²) in [4.78, 5) is 0. The molecule has 0 radical (unpaired) electrons. The van der Waals surface area contributed by atoms with Crippen LogP contribution < -0.4 is 0 Å². The van der Waals surface area contributed by atoms with Crippen molar-refractivity contribution in [1.29, 1.82) is 0 Å². The fraction of sp³-hybridized carbons (Fsp3) is 0.0811. The van der Waals surface area contributed by atoms with E-state index in [4.69, 9.17) is 8.83 Å². The van der Waals surface area contributed by atoms with Gasteiger partial charge in [-0.1, -0.05) is 98.8 Å². The summed E-state index contributed by atoms with van der Waals surface area (Å²) >= 11 is 0. The predicted octanol–water partition coefficient (Wildman–Crippen LogP) is 10.6. The molecule has 2 heterocycles. The van der Waals surface area contributed by atoms with Crippen LogP contribution in [-0.2, 0) is 5.41 Å². The van der Waals surface area contributed by atoms with E-state index in [0.717, 1.165) is 60.2 Å². The number of para-hydroxylation sites is 1. The van der Waals surface area contributed by atoms with Crippen molar-refractivity contribution in [3.8, 4) is 22.3 Å². The van der Waals surface area contributed by atoms with Gasteiger partial charge in [-0.3, -0.25) is 0 Å². The number of benzene rings is 6. The van der Waals surface area contributed by atoms with E-state index < -0.39 is 0 Å². The van der Waals surface area contributed by atoms with Crippen LogP contribution in [0.15, 0.2) is 118 Å². The van der Waals surface area contributed by atoms with Crippen molar-refractivity contribution >= 4 is 54.6 Å². The van der Waals surface area contributed by atoms with Gasteiger partial charge in [-0.2, -0.15) is 0 Å². The topological polar surface area (TPSA) is 26.3 Å². The lowest BCUT2D eigenvalue weighted by Gasteiger charge is -2.22. The Balaban J connectivity index is 1.31. The number of furan rings is 2. The molecule has 9 rings (SSSR count). The molecule has 0 spiro atoms. The minimum absolute atomic E-state index is 0.0295. The Morgan fingerprint density at radius 3 is 1.82 bits per heavy atom. The van der Waals surface area contributed by atoms with Crippen LogP contribution in [-0.4, -0.2) is 0 Å². The van der Waals surface area contributed by atoms with Crippen LogP contribution in [0.25, 0.3) is 76.9 Å². The average molecular weight is 501 g/mol. The van der Waals surface area contributed by atoms with E-state index in [9.17, 15) is 0 Å². The summed E-state index contributed by atoms with van der Waals surface area (Å²) in [5.74, 6) is 0. The summed E-state index contributed by atoms with van der Waals surface area (Å²) in [6.07, 6.45) is 0. The molecule has 0 saturated carbocycles. The van der Waals surface area contributed by atoms with Crippen LogP contribution >= 0.6 is 0 Å². The first kappa shape index (κ1) is 21.2. The molecule has 2 heteroatoms. The van der Waals surface area contributed by atoms with E-state index >= 15 is 0 Å². The molecule has 39 heavy (non-hydrogen) atoms. The summed E-state index contributed by atoms with van der Waals surface area (Å²) in [5.41, 5.74) is 11.4. The standard InChI is InChI=1S/C37H24O2/c1-37(2)29-13-7-5-9-23(29)24-17-15-21(19-30(24)37)22-16-18-28-32(20-22)39-36-26-11-4-3-10-25(26)35-33(34(28)36)27-12-6-8-14-31(27)38-35/h3-20H,1-2H3. The van der Waals surface area contributed by atoms with Gasteiger partial charge in [-0.15, -0.1) is 0 Å². The van der Waals surface area contributed by atoms with Crippen molar-refractivity contribution < 1.29 is 8.83 Å². The molecule has 0 atom stereocenters. The maximum Gasteiger partial charge on any atom is 0.144 e. The summed E-state index contributed by atoms with van der Waals surface area (Å²) in [6, 6.07) is 39.0. The summed E-state index contributed by atoms with van der Waals surface area (Å²) in [6.45, 7) is 4.66. The molecule has 6 aromatic carbocycles. The Bertz CT molecular complexity index is 2310. The van der Waals surface area contributed by atoms with Crippen LogP contribution in [0.2, 0.25) is 0 Å². The van der Waals surface area contributed by atoms with E-state index in [2.05, 4.69) is 111 Å². The second-order valence-electron chi connectivity index (χ2n) is 11.3. The van der Waals surface area contributed by atoms with E-state index in [0.29, 0.717) is 0 Å². The zero-order chi connectivity index (χ0) is 25.9. The highest BCUT2D eigenvalue weighted by atomic mass is 16.3. The van der Waals surface area contributed by atoms with E-state index in [1.54, 1.807) is 0 Å². The first-order chi connectivity index (χ1) is 19.1. The maximum atomic E-state index is 6.70.